The molecule has 0 spiro atoms. The van der Waals surface area contributed by atoms with Crippen LogP contribution in [0.25, 0.3) is 0 Å². The van der Waals surface area contributed by atoms with Gasteiger partial charge in [-0.2, -0.15) is 0 Å². The predicted octanol–water partition coefficient (Wildman–Crippen LogP) is 4.58. The molecule has 0 bridgehead atoms. The average molecular weight is 451 g/mol. The van der Waals surface area contributed by atoms with Crippen molar-refractivity contribution in [2.45, 2.75) is 44.0 Å². The van der Waals surface area contributed by atoms with Crippen molar-refractivity contribution >= 4 is 21.6 Å². The van der Waals surface area contributed by atoms with Crippen LogP contribution in [0.3, 0.4) is 0 Å². The first-order chi connectivity index (χ1) is 15.4. The molecule has 0 saturated carbocycles. The quantitative estimate of drug-likeness (QED) is 0.492. The summed E-state index contributed by atoms with van der Waals surface area (Å²) >= 11 is 0. The van der Waals surface area contributed by atoms with Crippen LogP contribution in [-0.4, -0.2) is 26.9 Å². The Balaban J connectivity index is 1.75. The summed E-state index contributed by atoms with van der Waals surface area (Å²) in [6.07, 6.45) is 2.46. The molecule has 0 saturated heterocycles. The molecule has 0 fully saturated rings. The van der Waals surface area contributed by atoms with Crippen molar-refractivity contribution in [2.24, 2.45) is 0 Å². The van der Waals surface area contributed by atoms with E-state index in [9.17, 15) is 13.2 Å². The van der Waals surface area contributed by atoms with E-state index in [1.54, 1.807) is 42.5 Å². The lowest BCUT2D eigenvalue weighted by Crippen LogP contribution is -2.43. The van der Waals surface area contributed by atoms with Crippen molar-refractivity contribution in [1.29, 1.82) is 0 Å². The maximum absolute atomic E-state index is 13.4. The van der Waals surface area contributed by atoms with E-state index in [2.05, 4.69) is 17.4 Å². The van der Waals surface area contributed by atoms with Gasteiger partial charge in [0.25, 0.3) is 10.0 Å². The molecule has 32 heavy (non-hydrogen) atoms. The van der Waals surface area contributed by atoms with Crippen LogP contribution in [0.1, 0.15) is 31.4 Å². The fourth-order valence-corrected chi connectivity index (χ4v) is 4.93. The molecule has 6 heteroatoms. The van der Waals surface area contributed by atoms with E-state index in [-0.39, 0.29) is 23.4 Å². The molecule has 0 aliphatic carbocycles. The number of nitrogens with zero attached hydrogens (tertiary/aromatic N) is 1. The molecule has 168 valence electrons. The van der Waals surface area contributed by atoms with E-state index in [1.165, 1.54) is 9.87 Å². The lowest BCUT2D eigenvalue weighted by molar-refractivity contribution is -0.120. The van der Waals surface area contributed by atoms with Gasteiger partial charge < -0.3 is 5.32 Å². The molecule has 5 nitrogen and oxygen atoms in total. The number of anilines is 1. The molecule has 0 heterocycles. The first kappa shape index (κ1) is 23.5. The minimum atomic E-state index is -3.89. The summed E-state index contributed by atoms with van der Waals surface area (Å²) in [5.41, 5.74) is 2.78. The topological polar surface area (TPSA) is 66.5 Å². The van der Waals surface area contributed by atoms with E-state index < -0.39 is 10.0 Å². The summed E-state index contributed by atoms with van der Waals surface area (Å²) in [7, 11) is -3.89. The highest BCUT2D eigenvalue weighted by atomic mass is 32.2. The summed E-state index contributed by atoms with van der Waals surface area (Å²) in [6, 6.07) is 25.5. The number of rotatable bonds is 10. The van der Waals surface area contributed by atoms with Gasteiger partial charge in [-0.25, -0.2) is 8.42 Å². The third-order valence-corrected chi connectivity index (χ3v) is 7.16. The van der Waals surface area contributed by atoms with Gasteiger partial charge >= 0.3 is 0 Å². The zero-order valence-corrected chi connectivity index (χ0v) is 19.4. The van der Waals surface area contributed by atoms with Crippen molar-refractivity contribution in [1.82, 2.24) is 5.32 Å². The second kappa shape index (κ2) is 11.0. The molecule has 1 atom stereocenters. The van der Waals surface area contributed by atoms with Gasteiger partial charge in [-0.1, -0.05) is 67.6 Å². The molecule has 0 radical (unpaired) electrons. The first-order valence-corrected chi connectivity index (χ1v) is 12.3. The Labute approximate surface area is 191 Å². The van der Waals surface area contributed by atoms with Crippen molar-refractivity contribution in [3.63, 3.8) is 0 Å². The van der Waals surface area contributed by atoms with Gasteiger partial charge in [0.15, 0.2) is 0 Å². The molecule has 3 aromatic rings. The van der Waals surface area contributed by atoms with Crippen molar-refractivity contribution in [3.05, 3.63) is 96.1 Å². The van der Waals surface area contributed by atoms with Crippen LogP contribution in [0.15, 0.2) is 89.8 Å². The van der Waals surface area contributed by atoms with Crippen LogP contribution in [0.4, 0.5) is 5.69 Å². The monoisotopic (exact) mass is 450 g/mol. The molecule has 0 aliphatic heterocycles. The highest BCUT2D eigenvalue weighted by Crippen LogP contribution is 2.24. The largest absolute Gasteiger partial charge is 0.352 e. The minimum absolute atomic E-state index is 0.0774. The van der Waals surface area contributed by atoms with Gasteiger partial charge in [-0.15, -0.1) is 0 Å². The minimum Gasteiger partial charge on any atom is -0.352 e. The number of benzene rings is 3. The smallest absolute Gasteiger partial charge is 0.264 e. The number of carbonyl (C=O) groups is 1. The number of hydrogen-bond acceptors (Lipinski definition) is 3. The predicted molar refractivity (Wildman–Crippen MR) is 129 cm³/mol. The van der Waals surface area contributed by atoms with E-state index >= 15 is 0 Å². The maximum atomic E-state index is 13.4. The normalized spacial score (nSPS) is 12.2. The van der Waals surface area contributed by atoms with Gasteiger partial charge in [0.05, 0.1) is 10.6 Å². The number of nitrogens with one attached hydrogen (secondary N) is 1. The van der Waals surface area contributed by atoms with Crippen LogP contribution >= 0.6 is 0 Å². The summed E-state index contributed by atoms with van der Waals surface area (Å²) < 4.78 is 27.9. The third-order valence-electron chi connectivity index (χ3n) is 5.37. The zero-order valence-electron chi connectivity index (χ0n) is 18.6. The lowest BCUT2D eigenvalue weighted by Gasteiger charge is -2.25. The Morgan fingerprint density at radius 3 is 2.06 bits per heavy atom. The number of sulfonamides is 1. The number of carbonyl (C=O) groups excluding carboxylic acids is 1. The molecule has 0 aliphatic rings. The fourth-order valence-electron chi connectivity index (χ4n) is 3.48. The lowest BCUT2D eigenvalue weighted by atomic mass is 10.1. The van der Waals surface area contributed by atoms with Crippen LogP contribution in [-0.2, 0) is 27.7 Å². The second-order valence-electron chi connectivity index (χ2n) is 7.84. The summed E-state index contributed by atoms with van der Waals surface area (Å²) in [5, 5.41) is 2.95. The van der Waals surface area contributed by atoms with E-state index in [1.807, 2.05) is 44.2 Å². The van der Waals surface area contributed by atoms with Gasteiger partial charge in [0, 0.05) is 6.04 Å². The van der Waals surface area contributed by atoms with E-state index in [4.69, 9.17) is 0 Å². The van der Waals surface area contributed by atoms with Gasteiger partial charge in [0.1, 0.15) is 6.54 Å². The van der Waals surface area contributed by atoms with Crippen LogP contribution in [0.5, 0.6) is 0 Å². The van der Waals surface area contributed by atoms with Crippen molar-refractivity contribution in [3.8, 4) is 0 Å². The van der Waals surface area contributed by atoms with E-state index in [0.717, 1.165) is 24.8 Å². The van der Waals surface area contributed by atoms with Crippen LogP contribution in [0, 0.1) is 0 Å². The second-order valence-corrected chi connectivity index (χ2v) is 9.70. The maximum Gasteiger partial charge on any atom is 0.264 e. The third kappa shape index (κ3) is 6.20. The molecule has 3 aromatic carbocycles. The first-order valence-electron chi connectivity index (χ1n) is 10.9. The van der Waals surface area contributed by atoms with Gasteiger partial charge in [-0.05, 0) is 61.6 Å². The Kier molecular flexibility index (Phi) is 8.06. The molecule has 3 rings (SSSR count). The summed E-state index contributed by atoms with van der Waals surface area (Å²) in [5.74, 6) is -0.329. The molecular formula is C26H30N2O3S. The highest BCUT2D eigenvalue weighted by Gasteiger charge is 2.27. The van der Waals surface area contributed by atoms with E-state index in [0.29, 0.717) is 5.69 Å². The van der Waals surface area contributed by atoms with Crippen LogP contribution < -0.4 is 9.62 Å². The molecule has 0 aromatic heterocycles. The summed E-state index contributed by atoms with van der Waals surface area (Å²) in [4.78, 5) is 13.0. The SMILES string of the molecule is CCc1ccc(N(CC(=O)N[C@H](C)CCc2ccccc2)S(=O)(=O)c2ccccc2)cc1. The van der Waals surface area contributed by atoms with Crippen molar-refractivity contribution < 1.29 is 13.2 Å². The highest BCUT2D eigenvalue weighted by molar-refractivity contribution is 7.92. The Hall–Kier alpha value is -3.12. The molecular weight excluding hydrogens is 420 g/mol. The zero-order chi connectivity index (χ0) is 23.0. The standard InChI is InChI=1S/C26H30N2O3S/c1-3-22-16-18-24(19-17-22)28(32(30,31)25-12-8-5-9-13-25)20-26(29)27-21(2)14-15-23-10-6-4-7-11-23/h4-13,16-19,21H,3,14-15,20H2,1-2H3,(H,27,29)/t21-/m1/s1. The Morgan fingerprint density at radius 1 is 0.875 bits per heavy atom. The Morgan fingerprint density at radius 2 is 1.47 bits per heavy atom. The van der Waals surface area contributed by atoms with Crippen molar-refractivity contribution in [2.75, 3.05) is 10.8 Å². The number of aryl methyl sites for hydroxylation is 2. The van der Waals surface area contributed by atoms with Crippen LogP contribution in [0.2, 0.25) is 0 Å². The fraction of sp³-hybridized carbons (Fsp3) is 0.269. The summed E-state index contributed by atoms with van der Waals surface area (Å²) in [6.45, 7) is 3.70. The Bertz CT molecular complexity index is 1100. The van der Waals surface area contributed by atoms with Gasteiger partial charge in [0.2, 0.25) is 5.91 Å². The van der Waals surface area contributed by atoms with Gasteiger partial charge in [-0.3, -0.25) is 9.10 Å². The molecule has 0 unspecified atom stereocenters. The number of amides is 1. The molecule has 1 N–H and O–H groups in total. The average Bonchev–Trinajstić information content (AvgIpc) is 2.82. The number of hydrogen-bond donors (Lipinski definition) is 1. The molecule has 1 amide bonds.